The highest BCUT2D eigenvalue weighted by Crippen LogP contribution is 2.25. The number of fused-ring (bicyclic) bond motifs is 1. The number of halogens is 3. The van der Waals surface area contributed by atoms with E-state index in [-0.39, 0.29) is 36.8 Å². The number of aromatic nitrogens is 2. The molecule has 0 aliphatic carbocycles. The number of carbonyl (C=O) groups excluding carboxylic acids is 1. The molecule has 1 fully saturated rings. The van der Waals surface area contributed by atoms with Crippen molar-refractivity contribution < 1.29 is 4.79 Å². The molecular formula is C21H25Cl3N4O. The zero-order valence-corrected chi connectivity index (χ0v) is 18.5. The highest BCUT2D eigenvalue weighted by atomic mass is 35.5. The van der Waals surface area contributed by atoms with E-state index in [0.717, 1.165) is 41.1 Å². The first kappa shape index (κ1) is 23.5. The third kappa shape index (κ3) is 5.23. The van der Waals surface area contributed by atoms with Gasteiger partial charge >= 0.3 is 0 Å². The number of nitrogens with one attached hydrogen (secondary N) is 2. The lowest BCUT2D eigenvalue weighted by Crippen LogP contribution is -2.48. The summed E-state index contributed by atoms with van der Waals surface area (Å²) in [5.41, 5.74) is 4.22. The molecule has 1 amide bonds. The quantitative estimate of drug-likeness (QED) is 0.610. The van der Waals surface area contributed by atoms with Gasteiger partial charge in [0.2, 0.25) is 5.91 Å². The average Bonchev–Trinajstić information content (AvgIpc) is 3.11. The maximum Gasteiger partial charge on any atom is 0.223 e. The maximum atomic E-state index is 12.9. The smallest absolute Gasteiger partial charge is 0.223 e. The molecule has 1 aliphatic rings. The van der Waals surface area contributed by atoms with Crippen LogP contribution in [0.15, 0.2) is 42.5 Å². The summed E-state index contributed by atoms with van der Waals surface area (Å²) in [5, 5.41) is 4.08. The molecule has 4 rings (SSSR count). The lowest BCUT2D eigenvalue weighted by molar-refractivity contribution is -0.134. The SMILES string of the molecule is Cc1cccc2[nH]c(CCC(=O)N3CCNCC3c3cccc(Cl)c3)nc12.Cl.Cl. The molecule has 1 aliphatic heterocycles. The number of rotatable bonds is 4. The Hall–Kier alpha value is -1.79. The number of H-pyrrole nitrogens is 1. The molecular weight excluding hydrogens is 431 g/mol. The zero-order valence-electron chi connectivity index (χ0n) is 16.2. The summed E-state index contributed by atoms with van der Waals surface area (Å²) in [6, 6.07) is 13.9. The van der Waals surface area contributed by atoms with Crippen LogP contribution >= 0.6 is 36.4 Å². The highest BCUT2D eigenvalue weighted by Gasteiger charge is 2.27. The molecule has 0 bridgehead atoms. The van der Waals surface area contributed by atoms with Gasteiger partial charge in [0.05, 0.1) is 17.1 Å². The molecule has 5 nitrogen and oxygen atoms in total. The van der Waals surface area contributed by atoms with Crippen molar-refractivity contribution >= 4 is 53.4 Å². The summed E-state index contributed by atoms with van der Waals surface area (Å²) in [6.07, 6.45) is 1.05. The van der Waals surface area contributed by atoms with Crippen LogP contribution < -0.4 is 5.32 Å². The number of hydrogen-bond donors (Lipinski definition) is 2. The van der Waals surface area contributed by atoms with E-state index in [1.165, 1.54) is 0 Å². The van der Waals surface area contributed by atoms with Crippen LogP contribution in [0.5, 0.6) is 0 Å². The van der Waals surface area contributed by atoms with E-state index in [1.54, 1.807) is 0 Å². The van der Waals surface area contributed by atoms with Gasteiger partial charge in [0, 0.05) is 37.5 Å². The molecule has 156 valence electrons. The largest absolute Gasteiger partial charge is 0.342 e. The Morgan fingerprint density at radius 2 is 2.03 bits per heavy atom. The lowest BCUT2D eigenvalue weighted by atomic mass is 10.0. The first-order valence-electron chi connectivity index (χ1n) is 9.31. The first-order valence-corrected chi connectivity index (χ1v) is 9.69. The van der Waals surface area contributed by atoms with Crippen LogP contribution in [0.3, 0.4) is 0 Å². The van der Waals surface area contributed by atoms with Gasteiger partial charge < -0.3 is 15.2 Å². The van der Waals surface area contributed by atoms with Crippen molar-refractivity contribution in [3.05, 3.63) is 64.4 Å². The Bertz CT molecular complexity index is 975. The second kappa shape index (κ2) is 10.3. The molecule has 3 aromatic rings. The number of amides is 1. The van der Waals surface area contributed by atoms with Gasteiger partial charge in [-0.05, 0) is 36.2 Å². The fourth-order valence-corrected chi connectivity index (χ4v) is 3.93. The van der Waals surface area contributed by atoms with Crippen molar-refractivity contribution in [2.75, 3.05) is 19.6 Å². The molecule has 0 saturated carbocycles. The van der Waals surface area contributed by atoms with Gasteiger partial charge in [0.25, 0.3) is 0 Å². The first-order chi connectivity index (χ1) is 13.1. The highest BCUT2D eigenvalue weighted by molar-refractivity contribution is 6.30. The second-order valence-electron chi connectivity index (χ2n) is 7.02. The molecule has 1 unspecified atom stereocenters. The number of hydrogen-bond acceptors (Lipinski definition) is 3. The van der Waals surface area contributed by atoms with Gasteiger partial charge in [0.1, 0.15) is 5.82 Å². The monoisotopic (exact) mass is 454 g/mol. The molecule has 2 heterocycles. The number of carbonyl (C=O) groups is 1. The van der Waals surface area contributed by atoms with E-state index in [1.807, 2.05) is 41.3 Å². The van der Waals surface area contributed by atoms with Crippen LogP contribution in [0.4, 0.5) is 0 Å². The van der Waals surface area contributed by atoms with Crippen LogP contribution in [0, 0.1) is 6.92 Å². The second-order valence-corrected chi connectivity index (χ2v) is 7.45. The number of nitrogens with zero attached hydrogens (tertiary/aromatic N) is 2. The minimum atomic E-state index is 0. The maximum absolute atomic E-state index is 12.9. The van der Waals surface area contributed by atoms with Crippen molar-refractivity contribution in [1.82, 2.24) is 20.2 Å². The molecule has 2 aromatic carbocycles. The topological polar surface area (TPSA) is 61.0 Å². The Balaban J connectivity index is 0.00000150. The molecule has 1 atom stereocenters. The molecule has 0 radical (unpaired) electrons. The molecule has 1 saturated heterocycles. The summed E-state index contributed by atoms with van der Waals surface area (Å²) in [7, 11) is 0. The fourth-order valence-electron chi connectivity index (χ4n) is 3.73. The van der Waals surface area contributed by atoms with E-state index in [0.29, 0.717) is 24.4 Å². The third-order valence-electron chi connectivity index (χ3n) is 5.14. The number of benzene rings is 2. The van der Waals surface area contributed by atoms with Gasteiger partial charge in [0.15, 0.2) is 0 Å². The van der Waals surface area contributed by atoms with Gasteiger partial charge in [-0.2, -0.15) is 0 Å². The van der Waals surface area contributed by atoms with E-state index >= 15 is 0 Å². The average molecular weight is 456 g/mol. The normalized spacial score (nSPS) is 16.2. The number of imidazole rings is 1. The minimum Gasteiger partial charge on any atom is -0.342 e. The van der Waals surface area contributed by atoms with Crippen LogP contribution in [0.1, 0.15) is 29.4 Å². The molecule has 0 spiro atoms. The van der Waals surface area contributed by atoms with Crippen molar-refractivity contribution in [3.8, 4) is 0 Å². The third-order valence-corrected chi connectivity index (χ3v) is 5.37. The molecule has 29 heavy (non-hydrogen) atoms. The van der Waals surface area contributed by atoms with Gasteiger partial charge in [-0.1, -0.05) is 35.9 Å². The summed E-state index contributed by atoms with van der Waals surface area (Å²) in [4.78, 5) is 22.9. The summed E-state index contributed by atoms with van der Waals surface area (Å²) in [5.74, 6) is 1.01. The van der Waals surface area contributed by atoms with Gasteiger partial charge in [-0.3, -0.25) is 4.79 Å². The summed E-state index contributed by atoms with van der Waals surface area (Å²) >= 11 is 6.15. The minimum absolute atomic E-state index is 0. The lowest BCUT2D eigenvalue weighted by Gasteiger charge is -2.36. The Morgan fingerprint density at radius 3 is 2.79 bits per heavy atom. The van der Waals surface area contributed by atoms with Crippen LogP contribution in [0.2, 0.25) is 5.02 Å². The van der Waals surface area contributed by atoms with Gasteiger partial charge in [-0.15, -0.1) is 24.8 Å². The predicted molar refractivity (Wildman–Crippen MR) is 122 cm³/mol. The molecule has 8 heteroatoms. The predicted octanol–water partition coefficient (Wildman–Crippen LogP) is 4.47. The van der Waals surface area contributed by atoms with Crippen molar-refractivity contribution in [2.24, 2.45) is 0 Å². The Morgan fingerprint density at radius 1 is 1.24 bits per heavy atom. The van der Waals surface area contributed by atoms with E-state index < -0.39 is 0 Å². The van der Waals surface area contributed by atoms with Crippen molar-refractivity contribution in [2.45, 2.75) is 25.8 Å². The number of piperazine rings is 1. The number of aromatic amines is 1. The molecule has 1 aromatic heterocycles. The number of para-hydroxylation sites is 1. The van der Waals surface area contributed by atoms with Crippen LogP contribution in [0.25, 0.3) is 11.0 Å². The van der Waals surface area contributed by atoms with Crippen LogP contribution in [-0.2, 0) is 11.2 Å². The summed E-state index contributed by atoms with van der Waals surface area (Å²) < 4.78 is 0. The van der Waals surface area contributed by atoms with Crippen molar-refractivity contribution in [1.29, 1.82) is 0 Å². The number of aryl methyl sites for hydroxylation is 2. The zero-order chi connectivity index (χ0) is 18.8. The fraction of sp³-hybridized carbons (Fsp3) is 0.333. The van der Waals surface area contributed by atoms with E-state index in [9.17, 15) is 4.79 Å². The summed E-state index contributed by atoms with van der Waals surface area (Å²) in [6.45, 7) is 4.31. The van der Waals surface area contributed by atoms with Gasteiger partial charge in [-0.25, -0.2) is 4.98 Å². The van der Waals surface area contributed by atoms with E-state index in [2.05, 4.69) is 28.3 Å². The Kier molecular flexibility index (Phi) is 8.34. The van der Waals surface area contributed by atoms with Crippen molar-refractivity contribution in [3.63, 3.8) is 0 Å². The standard InChI is InChI=1S/C21H23ClN4O.2ClH/c1-14-4-2-7-17-21(14)25-19(24-17)8-9-20(27)26-11-10-23-13-18(26)15-5-3-6-16(22)12-15;;/h2-7,12,18,23H,8-11,13H2,1H3,(H,24,25);2*1H. The molecule has 2 N–H and O–H groups in total. The van der Waals surface area contributed by atoms with Crippen LogP contribution in [-0.4, -0.2) is 40.4 Å². The Labute approximate surface area is 188 Å². The van der Waals surface area contributed by atoms with E-state index in [4.69, 9.17) is 11.6 Å².